The van der Waals surface area contributed by atoms with Crippen LogP contribution in [-0.4, -0.2) is 57.7 Å². The van der Waals surface area contributed by atoms with Gasteiger partial charge in [-0.1, -0.05) is 28.1 Å². The Morgan fingerprint density at radius 3 is 2.39 bits per heavy atom. The lowest BCUT2D eigenvalue weighted by Gasteiger charge is -2.39. The third-order valence-electron chi connectivity index (χ3n) is 3.87. The summed E-state index contributed by atoms with van der Waals surface area (Å²) in [5.41, 5.74) is 0. The van der Waals surface area contributed by atoms with Gasteiger partial charge in [-0.3, -0.25) is 0 Å². The standard InChI is InChI=1S/C16H17BrO6/c17-10-3-1-9-6-11(4-2-8(9)5-10)22-16-15(21)14(20)13(19)12(7-18)23-16/h1-6,12-16,18-21H,7H2/t12-,13+,14-,15+,16-/m1/s1. The lowest BCUT2D eigenvalue weighted by molar-refractivity contribution is -0.277. The van der Waals surface area contributed by atoms with Crippen molar-refractivity contribution in [2.75, 3.05) is 6.61 Å². The number of hydrogen-bond donors (Lipinski definition) is 4. The highest BCUT2D eigenvalue weighted by molar-refractivity contribution is 9.10. The molecule has 1 heterocycles. The van der Waals surface area contributed by atoms with Crippen LogP contribution in [0.2, 0.25) is 0 Å². The third kappa shape index (κ3) is 3.35. The molecule has 0 radical (unpaired) electrons. The van der Waals surface area contributed by atoms with Crippen molar-refractivity contribution < 1.29 is 29.9 Å². The van der Waals surface area contributed by atoms with Crippen LogP contribution in [0.4, 0.5) is 0 Å². The number of fused-ring (bicyclic) bond motifs is 1. The van der Waals surface area contributed by atoms with E-state index >= 15 is 0 Å². The molecule has 2 aromatic carbocycles. The summed E-state index contributed by atoms with van der Waals surface area (Å²) < 4.78 is 11.9. The first-order valence-electron chi connectivity index (χ1n) is 7.16. The monoisotopic (exact) mass is 384 g/mol. The molecule has 7 heteroatoms. The summed E-state index contributed by atoms with van der Waals surface area (Å²) in [6.45, 7) is -0.490. The smallest absolute Gasteiger partial charge is 0.229 e. The number of aliphatic hydroxyl groups is 4. The van der Waals surface area contributed by atoms with Crippen LogP contribution in [0.15, 0.2) is 40.9 Å². The lowest BCUT2D eigenvalue weighted by atomic mass is 9.99. The van der Waals surface area contributed by atoms with Crippen LogP contribution >= 0.6 is 15.9 Å². The highest BCUT2D eigenvalue weighted by Gasteiger charge is 2.44. The summed E-state index contributed by atoms with van der Waals surface area (Å²) in [6, 6.07) is 11.1. The Labute approximate surface area is 141 Å². The molecule has 1 aliphatic rings. The maximum atomic E-state index is 9.98. The molecule has 0 aromatic heterocycles. The average Bonchev–Trinajstić information content (AvgIpc) is 2.55. The van der Waals surface area contributed by atoms with Crippen molar-refractivity contribution in [3.05, 3.63) is 40.9 Å². The van der Waals surface area contributed by atoms with Gasteiger partial charge in [-0.25, -0.2) is 0 Å². The van der Waals surface area contributed by atoms with Crippen molar-refractivity contribution in [3.8, 4) is 5.75 Å². The minimum absolute atomic E-state index is 0.448. The average molecular weight is 385 g/mol. The molecule has 2 aromatic rings. The molecule has 0 saturated carbocycles. The van der Waals surface area contributed by atoms with E-state index in [9.17, 15) is 20.4 Å². The number of aliphatic hydroxyl groups excluding tert-OH is 4. The molecule has 23 heavy (non-hydrogen) atoms. The number of hydrogen-bond acceptors (Lipinski definition) is 6. The molecule has 0 spiro atoms. The molecule has 1 aliphatic heterocycles. The highest BCUT2D eigenvalue weighted by atomic mass is 79.9. The molecule has 0 unspecified atom stereocenters. The summed E-state index contributed by atoms with van der Waals surface area (Å²) in [5, 5.41) is 40.6. The summed E-state index contributed by atoms with van der Waals surface area (Å²) in [4.78, 5) is 0. The second-order valence-corrected chi connectivity index (χ2v) is 6.38. The van der Waals surface area contributed by atoms with E-state index in [-0.39, 0.29) is 0 Å². The van der Waals surface area contributed by atoms with Gasteiger partial charge >= 0.3 is 0 Å². The first kappa shape index (κ1) is 16.6. The van der Waals surface area contributed by atoms with Crippen LogP contribution in [0, 0.1) is 0 Å². The molecule has 0 amide bonds. The topological polar surface area (TPSA) is 99.4 Å². The second-order valence-electron chi connectivity index (χ2n) is 5.47. The zero-order chi connectivity index (χ0) is 16.6. The van der Waals surface area contributed by atoms with Crippen molar-refractivity contribution in [1.29, 1.82) is 0 Å². The zero-order valence-corrected chi connectivity index (χ0v) is 13.6. The minimum Gasteiger partial charge on any atom is -0.462 e. The summed E-state index contributed by atoms with van der Waals surface area (Å²) in [6.07, 6.45) is -6.45. The summed E-state index contributed by atoms with van der Waals surface area (Å²) in [7, 11) is 0. The molecule has 4 N–H and O–H groups in total. The molecule has 1 saturated heterocycles. The van der Waals surface area contributed by atoms with Crippen molar-refractivity contribution in [1.82, 2.24) is 0 Å². The van der Waals surface area contributed by atoms with Gasteiger partial charge in [0.25, 0.3) is 0 Å². The van der Waals surface area contributed by atoms with E-state index in [0.29, 0.717) is 5.75 Å². The van der Waals surface area contributed by atoms with Gasteiger partial charge in [0.05, 0.1) is 6.61 Å². The molecule has 6 nitrogen and oxygen atoms in total. The van der Waals surface area contributed by atoms with E-state index in [1.165, 1.54) is 0 Å². The molecule has 3 rings (SSSR count). The first-order valence-corrected chi connectivity index (χ1v) is 7.95. The van der Waals surface area contributed by atoms with Gasteiger partial charge in [0.1, 0.15) is 30.2 Å². The fraction of sp³-hybridized carbons (Fsp3) is 0.375. The van der Waals surface area contributed by atoms with E-state index in [2.05, 4.69) is 15.9 Å². The van der Waals surface area contributed by atoms with E-state index in [1.807, 2.05) is 24.3 Å². The van der Waals surface area contributed by atoms with Gasteiger partial charge in [-0.15, -0.1) is 0 Å². The predicted molar refractivity (Wildman–Crippen MR) is 86.0 cm³/mol. The first-order chi connectivity index (χ1) is 11.0. The SMILES string of the molecule is OC[C@H]1O[C@@H](Oc2ccc3cc(Br)ccc3c2)[C@@H](O)[C@H](O)[C@H]1O. The molecule has 5 atom stereocenters. The molecule has 0 bridgehead atoms. The normalized spacial score (nSPS) is 31.3. The number of benzene rings is 2. The van der Waals surface area contributed by atoms with Gasteiger partial charge in [-0.05, 0) is 35.0 Å². The molecular weight excluding hydrogens is 368 g/mol. The van der Waals surface area contributed by atoms with Crippen molar-refractivity contribution in [3.63, 3.8) is 0 Å². The van der Waals surface area contributed by atoms with Crippen molar-refractivity contribution in [2.45, 2.75) is 30.7 Å². The van der Waals surface area contributed by atoms with Crippen LogP contribution < -0.4 is 4.74 Å². The van der Waals surface area contributed by atoms with Gasteiger partial charge in [0.2, 0.25) is 6.29 Å². The Morgan fingerprint density at radius 1 is 0.957 bits per heavy atom. The van der Waals surface area contributed by atoms with Crippen LogP contribution in [0.1, 0.15) is 0 Å². The largest absolute Gasteiger partial charge is 0.462 e. The number of rotatable bonds is 3. The fourth-order valence-electron chi connectivity index (χ4n) is 2.57. The lowest BCUT2D eigenvalue weighted by Crippen LogP contribution is -2.60. The van der Waals surface area contributed by atoms with Crippen molar-refractivity contribution >= 4 is 26.7 Å². The molecule has 1 fully saturated rings. The third-order valence-corrected chi connectivity index (χ3v) is 4.37. The second kappa shape index (κ2) is 6.72. The Kier molecular flexibility index (Phi) is 4.86. The van der Waals surface area contributed by atoms with Gasteiger partial charge in [0, 0.05) is 4.47 Å². The molecule has 124 valence electrons. The minimum atomic E-state index is -1.46. The summed E-state index contributed by atoms with van der Waals surface area (Å²) in [5.74, 6) is 0.448. The highest BCUT2D eigenvalue weighted by Crippen LogP contribution is 2.28. The van der Waals surface area contributed by atoms with Gasteiger partial charge in [-0.2, -0.15) is 0 Å². The van der Waals surface area contributed by atoms with Crippen LogP contribution in [0.3, 0.4) is 0 Å². The van der Waals surface area contributed by atoms with E-state index in [1.54, 1.807) is 12.1 Å². The van der Waals surface area contributed by atoms with Gasteiger partial charge < -0.3 is 29.9 Å². The Hall–Kier alpha value is -1.22. The zero-order valence-electron chi connectivity index (χ0n) is 12.0. The Bertz CT molecular complexity index is 691. The van der Waals surface area contributed by atoms with Crippen LogP contribution in [0.25, 0.3) is 10.8 Å². The van der Waals surface area contributed by atoms with Crippen molar-refractivity contribution in [2.24, 2.45) is 0 Å². The van der Waals surface area contributed by atoms with Crippen LogP contribution in [-0.2, 0) is 4.74 Å². The van der Waals surface area contributed by atoms with E-state index in [4.69, 9.17) is 9.47 Å². The van der Waals surface area contributed by atoms with E-state index < -0.39 is 37.3 Å². The van der Waals surface area contributed by atoms with Crippen LogP contribution in [0.5, 0.6) is 5.75 Å². The predicted octanol–water partition coefficient (Wildman–Crippen LogP) is 0.781. The number of halogens is 1. The molecular formula is C16H17BrO6. The quantitative estimate of drug-likeness (QED) is 0.624. The number of ether oxygens (including phenoxy) is 2. The Morgan fingerprint density at radius 2 is 1.65 bits per heavy atom. The maximum Gasteiger partial charge on any atom is 0.229 e. The fourth-order valence-corrected chi connectivity index (χ4v) is 2.95. The summed E-state index contributed by atoms with van der Waals surface area (Å²) >= 11 is 3.41. The Balaban J connectivity index is 1.81. The van der Waals surface area contributed by atoms with E-state index in [0.717, 1.165) is 15.2 Å². The molecule has 0 aliphatic carbocycles. The van der Waals surface area contributed by atoms with Gasteiger partial charge in [0.15, 0.2) is 0 Å². The maximum absolute atomic E-state index is 9.98.